The third-order valence-electron chi connectivity index (χ3n) is 4.97. The van der Waals surface area contributed by atoms with Crippen molar-refractivity contribution in [3.8, 4) is 0 Å². The summed E-state index contributed by atoms with van der Waals surface area (Å²) in [6.07, 6.45) is 13.9. The molecule has 0 radical (unpaired) electrons. The molecule has 1 atom stereocenters. The van der Waals surface area contributed by atoms with E-state index in [1.54, 1.807) is 0 Å². The number of nitrogens with zero attached hydrogens (tertiary/aromatic N) is 5. The van der Waals surface area contributed by atoms with E-state index < -0.39 is 0 Å². The lowest BCUT2D eigenvalue weighted by atomic mass is 9.96. The van der Waals surface area contributed by atoms with E-state index in [1.165, 1.54) is 35.5 Å². The zero-order valence-electron chi connectivity index (χ0n) is 14.5. The van der Waals surface area contributed by atoms with E-state index in [-0.39, 0.29) is 0 Å². The van der Waals surface area contributed by atoms with Gasteiger partial charge in [0.2, 0.25) is 0 Å². The zero-order chi connectivity index (χ0) is 17.1. The lowest BCUT2D eigenvalue weighted by Gasteiger charge is -2.35. The Bertz CT molecular complexity index is 827. The molecule has 1 aliphatic rings. The molecule has 0 aliphatic carbocycles. The molecule has 3 aromatic rings. The molecule has 5 heteroatoms. The molecule has 0 N–H and O–H groups in total. The van der Waals surface area contributed by atoms with Gasteiger partial charge in [0.25, 0.3) is 0 Å². The van der Waals surface area contributed by atoms with Gasteiger partial charge in [-0.2, -0.15) is 0 Å². The van der Waals surface area contributed by atoms with Crippen LogP contribution >= 0.6 is 0 Å². The van der Waals surface area contributed by atoms with Gasteiger partial charge in [-0.25, -0.2) is 4.98 Å². The number of imidazole rings is 1. The van der Waals surface area contributed by atoms with E-state index in [0.29, 0.717) is 5.92 Å². The summed E-state index contributed by atoms with van der Waals surface area (Å²) in [5, 5.41) is 0. The molecule has 3 aromatic heterocycles. The van der Waals surface area contributed by atoms with E-state index in [9.17, 15) is 0 Å². The van der Waals surface area contributed by atoms with Gasteiger partial charge in [-0.05, 0) is 49.1 Å². The van der Waals surface area contributed by atoms with Crippen LogP contribution in [0.1, 0.15) is 35.7 Å². The standard InChI is InChI=1S/C20H23N5/c1-16-13-22-9-6-19(16)24-11-2-3-18(15-24)20-23-10-12-25(20)14-17-4-7-21-8-5-17/h4-10,12-13,18H,2-3,11,14-15H2,1H3. The molecule has 0 spiro atoms. The maximum Gasteiger partial charge on any atom is 0.113 e. The van der Waals surface area contributed by atoms with Crippen LogP contribution in [-0.2, 0) is 6.54 Å². The van der Waals surface area contributed by atoms with E-state index in [4.69, 9.17) is 4.98 Å². The average molecular weight is 333 g/mol. The highest BCUT2D eigenvalue weighted by atomic mass is 15.2. The Morgan fingerprint density at radius 1 is 1.08 bits per heavy atom. The number of hydrogen-bond donors (Lipinski definition) is 0. The van der Waals surface area contributed by atoms with Gasteiger partial charge in [-0.3, -0.25) is 9.97 Å². The molecular formula is C20H23N5. The van der Waals surface area contributed by atoms with Crippen LogP contribution in [0, 0.1) is 6.92 Å². The average Bonchev–Trinajstić information content (AvgIpc) is 3.11. The van der Waals surface area contributed by atoms with Gasteiger partial charge < -0.3 is 9.47 Å². The van der Waals surface area contributed by atoms with Gasteiger partial charge in [-0.1, -0.05) is 0 Å². The van der Waals surface area contributed by atoms with Crippen LogP contribution < -0.4 is 4.90 Å². The quantitative estimate of drug-likeness (QED) is 0.734. The minimum absolute atomic E-state index is 0.457. The highest BCUT2D eigenvalue weighted by Crippen LogP contribution is 2.30. The number of hydrogen-bond acceptors (Lipinski definition) is 4. The normalized spacial score (nSPS) is 17.6. The Morgan fingerprint density at radius 3 is 2.76 bits per heavy atom. The van der Waals surface area contributed by atoms with Gasteiger partial charge >= 0.3 is 0 Å². The number of aryl methyl sites for hydroxylation is 1. The number of rotatable bonds is 4. The van der Waals surface area contributed by atoms with Crippen LogP contribution in [0.5, 0.6) is 0 Å². The summed E-state index contributed by atoms with van der Waals surface area (Å²) in [5.41, 5.74) is 3.79. The monoisotopic (exact) mass is 333 g/mol. The van der Waals surface area contributed by atoms with Crippen LogP contribution in [-0.4, -0.2) is 32.6 Å². The Kier molecular flexibility index (Phi) is 4.46. The van der Waals surface area contributed by atoms with E-state index in [1.807, 2.05) is 31.0 Å². The minimum atomic E-state index is 0.457. The fraction of sp³-hybridized carbons (Fsp3) is 0.350. The third kappa shape index (κ3) is 3.40. The first-order chi connectivity index (χ1) is 12.3. The van der Waals surface area contributed by atoms with Crippen LogP contribution in [0.3, 0.4) is 0 Å². The van der Waals surface area contributed by atoms with Crippen molar-refractivity contribution in [1.29, 1.82) is 0 Å². The van der Waals surface area contributed by atoms with Gasteiger partial charge in [0.15, 0.2) is 0 Å². The second-order valence-electron chi connectivity index (χ2n) is 6.72. The predicted molar refractivity (Wildman–Crippen MR) is 98.7 cm³/mol. The highest BCUT2D eigenvalue weighted by Gasteiger charge is 2.25. The van der Waals surface area contributed by atoms with Crippen molar-refractivity contribution in [2.24, 2.45) is 0 Å². The molecule has 4 heterocycles. The lowest BCUT2D eigenvalue weighted by molar-refractivity contribution is 0.476. The molecule has 1 unspecified atom stereocenters. The molecule has 0 bridgehead atoms. The summed E-state index contributed by atoms with van der Waals surface area (Å²) in [6, 6.07) is 6.26. The van der Waals surface area contributed by atoms with Crippen molar-refractivity contribution in [3.05, 3.63) is 72.3 Å². The van der Waals surface area contributed by atoms with Crippen molar-refractivity contribution in [1.82, 2.24) is 19.5 Å². The Morgan fingerprint density at radius 2 is 1.92 bits per heavy atom. The van der Waals surface area contributed by atoms with E-state index >= 15 is 0 Å². The van der Waals surface area contributed by atoms with Gasteiger partial charge in [-0.15, -0.1) is 0 Å². The third-order valence-corrected chi connectivity index (χ3v) is 4.97. The molecule has 0 saturated carbocycles. The molecule has 5 nitrogen and oxygen atoms in total. The van der Waals surface area contributed by atoms with Gasteiger partial charge in [0.05, 0.1) is 0 Å². The number of piperidine rings is 1. The van der Waals surface area contributed by atoms with Crippen molar-refractivity contribution >= 4 is 5.69 Å². The highest BCUT2D eigenvalue weighted by molar-refractivity contribution is 5.52. The summed E-state index contributed by atoms with van der Waals surface area (Å²) in [7, 11) is 0. The fourth-order valence-electron chi connectivity index (χ4n) is 3.73. The number of pyridine rings is 2. The Balaban J connectivity index is 1.54. The molecule has 0 aromatic carbocycles. The molecule has 4 rings (SSSR count). The van der Waals surface area contributed by atoms with Crippen LogP contribution in [0.4, 0.5) is 5.69 Å². The van der Waals surface area contributed by atoms with Crippen molar-refractivity contribution in [2.45, 2.75) is 32.2 Å². The molecule has 128 valence electrons. The largest absolute Gasteiger partial charge is 0.370 e. The maximum atomic E-state index is 4.69. The smallest absolute Gasteiger partial charge is 0.113 e. The summed E-state index contributed by atoms with van der Waals surface area (Å²) >= 11 is 0. The van der Waals surface area contributed by atoms with E-state index in [0.717, 1.165) is 19.6 Å². The van der Waals surface area contributed by atoms with Crippen LogP contribution in [0.25, 0.3) is 0 Å². The SMILES string of the molecule is Cc1cnccc1N1CCCC(c2nccn2Cc2ccncc2)C1. The van der Waals surface area contributed by atoms with E-state index in [2.05, 4.69) is 50.8 Å². The van der Waals surface area contributed by atoms with Crippen molar-refractivity contribution in [2.75, 3.05) is 18.0 Å². The summed E-state index contributed by atoms with van der Waals surface area (Å²) in [4.78, 5) is 15.5. The molecule has 0 amide bonds. The summed E-state index contributed by atoms with van der Waals surface area (Å²) in [5.74, 6) is 1.64. The molecule has 25 heavy (non-hydrogen) atoms. The number of anilines is 1. The molecule has 1 saturated heterocycles. The topological polar surface area (TPSA) is 46.8 Å². The Labute approximate surface area is 148 Å². The fourth-order valence-corrected chi connectivity index (χ4v) is 3.73. The second kappa shape index (κ2) is 7.05. The van der Waals surface area contributed by atoms with Crippen LogP contribution in [0.2, 0.25) is 0 Å². The minimum Gasteiger partial charge on any atom is -0.370 e. The predicted octanol–water partition coefficient (Wildman–Crippen LogP) is 3.41. The second-order valence-corrected chi connectivity index (χ2v) is 6.72. The van der Waals surface area contributed by atoms with Crippen LogP contribution in [0.15, 0.2) is 55.4 Å². The first-order valence-corrected chi connectivity index (χ1v) is 8.87. The first-order valence-electron chi connectivity index (χ1n) is 8.87. The summed E-state index contributed by atoms with van der Waals surface area (Å²) in [6.45, 7) is 5.10. The molecule has 1 fully saturated rings. The van der Waals surface area contributed by atoms with Gasteiger partial charge in [0, 0.05) is 68.4 Å². The maximum absolute atomic E-state index is 4.69. The Hall–Kier alpha value is -2.69. The molecule has 1 aliphatic heterocycles. The van der Waals surface area contributed by atoms with Crippen molar-refractivity contribution < 1.29 is 0 Å². The lowest BCUT2D eigenvalue weighted by Crippen LogP contribution is -2.35. The molecular weight excluding hydrogens is 310 g/mol. The first kappa shape index (κ1) is 15.8. The van der Waals surface area contributed by atoms with Crippen molar-refractivity contribution in [3.63, 3.8) is 0 Å². The summed E-state index contributed by atoms with van der Waals surface area (Å²) < 4.78 is 2.28. The van der Waals surface area contributed by atoms with Gasteiger partial charge in [0.1, 0.15) is 5.82 Å². The number of aromatic nitrogens is 4. The zero-order valence-corrected chi connectivity index (χ0v) is 14.5.